The van der Waals surface area contributed by atoms with E-state index in [0.717, 1.165) is 17.0 Å². The molecule has 0 aliphatic heterocycles. The van der Waals surface area contributed by atoms with Crippen LogP contribution in [0.3, 0.4) is 0 Å². The Morgan fingerprint density at radius 3 is 2.57 bits per heavy atom. The second-order valence-electron chi connectivity index (χ2n) is 4.60. The van der Waals surface area contributed by atoms with Gasteiger partial charge in [-0.3, -0.25) is 0 Å². The highest BCUT2D eigenvalue weighted by molar-refractivity contribution is 7.80. The molecule has 0 aliphatic rings. The summed E-state index contributed by atoms with van der Waals surface area (Å²) in [7, 11) is 1.62. The van der Waals surface area contributed by atoms with E-state index in [9.17, 15) is 4.39 Å². The quantitative estimate of drug-likeness (QED) is 0.840. The van der Waals surface area contributed by atoms with Gasteiger partial charge in [0.1, 0.15) is 11.6 Å². The van der Waals surface area contributed by atoms with Crippen LogP contribution in [0.1, 0.15) is 18.5 Å². The van der Waals surface area contributed by atoms with Gasteiger partial charge in [-0.2, -0.15) is 0 Å². The van der Waals surface area contributed by atoms with Crippen molar-refractivity contribution < 1.29 is 9.13 Å². The Labute approximate surface area is 129 Å². The molecule has 0 spiro atoms. The first-order chi connectivity index (χ1) is 10.1. The van der Waals surface area contributed by atoms with Crippen molar-refractivity contribution in [1.29, 1.82) is 0 Å². The van der Waals surface area contributed by atoms with Crippen molar-refractivity contribution in [3.8, 4) is 5.75 Å². The van der Waals surface area contributed by atoms with Crippen molar-refractivity contribution >= 4 is 23.0 Å². The molecule has 5 heteroatoms. The molecule has 0 aromatic heterocycles. The molecule has 0 heterocycles. The maximum atomic E-state index is 12.9. The van der Waals surface area contributed by atoms with Gasteiger partial charge in [0.2, 0.25) is 0 Å². The summed E-state index contributed by atoms with van der Waals surface area (Å²) in [5.41, 5.74) is 1.81. The van der Waals surface area contributed by atoms with Crippen molar-refractivity contribution in [1.82, 2.24) is 5.32 Å². The average molecular weight is 304 g/mol. The Kier molecular flexibility index (Phi) is 5.11. The SMILES string of the molecule is COc1cccc(NC(=S)N[C@@H](C)c2ccc(F)cc2)c1. The van der Waals surface area contributed by atoms with Crippen LogP contribution in [0.5, 0.6) is 5.75 Å². The summed E-state index contributed by atoms with van der Waals surface area (Å²) in [6.07, 6.45) is 0. The molecule has 2 rings (SSSR count). The molecule has 2 aromatic rings. The second-order valence-corrected chi connectivity index (χ2v) is 5.01. The van der Waals surface area contributed by atoms with E-state index >= 15 is 0 Å². The lowest BCUT2D eigenvalue weighted by molar-refractivity contribution is 0.415. The molecular weight excluding hydrogens is 287 g/mol. The lowest BCUT2D eigenvalue weighted by atomic mass is 10.1. The van der Waals surface area contributed by atoms with Gasteiger partial charge in [-0.25, -0.2) is 4.39 Å². The van der Waals surface area contributed by atoms with Crippen LogP contribution in [0.4, 0.5) is 10.1 Å². The Bertz CT molecular complexity index is 616. The summed E-state index contributed by atoms with van der Waals surface area (Å²) >= 11 is 5.28. The Balaban J connectivity index is 1.96. The first-order valence-electron chi connectivity index (χ1n) is 6.55. The van der Waals surface area contributed by atoms with Gasteiger partial charge in [0.15, 0.2) is 5.11 Å². The molecule has 0 saturated carbocycles. The summed E-state index contributed by atoms with van der Waals surface area (Å²) in [6.45, 7) is 1.97. The maximum Gasteiger partial charge on any atom is 0.171 e. The number of rotatable bonds is 4. The van der Waals surface area contributed by atoms with E-state index in [-0.39, 0.29) is 11.9 Å². The van der Waals surface area contributed by atoms with Gasteiger partial charge in [0.25, 0.3) is 0 Å². The first-order valence-corrected chi connectivity index (χ1v) is 6.96. The number of anilines is 1. The predicted molar refractivity (Wildman–Crippen MR) is 87.2 cm³/mol. The van der Waals surface area contributed by atoms with Crippen LogP contribution in [0.25, 0.3) is 0 Å². The van der Waals surface area contributed by atoms with E-state index < -0.39 is 0 Å². The molecule has 0 aliphatic carbocycles. The predicted octanol–water partition coefficient (Wildman–Crippen LogP) is 3.88. The fourth-order valence-corrected chi connectivity index (χ4v) is 2.19. The van der Waals surface area contributed by atoms with E-state index in [1.54, 1.807) is 19.2 Å². The van der Waals surface area contributed by atoms with Crippen molar-refractivity contribution in [2.45, 2.75) is 13.0 Å². The van der Waals surface area contributed by atoms with E-state index in [1.807, 2.05) is 31.2 Å². The summed E-state index contributed by atoms with van der Waals surface area (Å²) in [5.74, 6) is 0.511. The number of hydrogen-bond acceptors (Lipinski definition) is 2. The molecule has 1 atom stereocenters. The van der Waals surface area contributed by atoms with Crippen LogP contribution in [-0.2, 0) is 0 Å². The molecule has 21 heavy (non-hydrogen) atoms. The van der Waals surface area contributed by atoms with Crippen LogP contribution < -0.4 is 15.4 Å². The molecule has 0 bridgehead atoms. The summed E-state index contributed by atoms with van der Waals surface area (Å²) in [5, 5.41) is 6.75. The molecule has 0 radical (unpaired) electrons. The largest absolute Gasteiger partial charge is 0.497 e. The Morgan fingerprint density at radius 1 is 1.19 bits per heavy atom. The lowest BCUT2D eigenvalue weighted by Crippen LogP contribution is -2.30. The van der Waals surface area contributed by atoms with E-state index in [0.29, 0.717) is 5.11 Å². The Hall–Kier alpha value is -2.14. The monoisotopic (exact) mass is 304 g/mol. The van der Waals surface area contributed by atoms with E-state index in [1.165, 1.54) is 12.1 Å². The summed E-state index contributed by atoms with van der Waals surface area (Å²) < 4.78 is 18.1. The van der Waals surface area contributed by atoms with Gasteiger partial charge < -0.3 is 15.4 Å². The number of halogens is 1. The van der Waals surface area contributed by atoms with Crippen molar-refractivity contribution in [3.63, 3.8) is 0 Å². The van der Waals surface area contributed by atoms with Gasteiger partial charge >= 0.3 is 0 Å². The molecule has 0 amide bonds. The molecule has 110 valence electrons. The molecule has 0 saturated heterocycles. The molecule has 2 N–H and O–H groups in total. The van der Waals surface area contributed by atoms with Crippen molar-refractivity contribution in [2.24, 2.45) is 0 Å². The van der Waals surface area contributed by atoms with Crippen LogP contribution >= 0.6 is 12.2 Å². The second kappa shape index (κ2) is 7.04. The molecular formula is C16H17FN2OS. The zero-order valence-corrected chi connectivity index (χ0v) is 12.7. The summed E-state index contributed by atoms with van der Waals surface area (Å²) in [4.78, 5) is 0. The molecule has 3 nitrogen and oxygen atoms in total. The highest BCUT2D eigenvalue weighted by Gasteiger charge is 2.07. The molecule has 0 fully saturated rings. The topological polar surface area (TPSA) is 33.3 Å². The molecule has 2 aromatic carbocycles. The van der Waals surface area contributed by atoms with Gasteiger partial charge in [-0.05, 0) is 49.0 Å². The third-order valence-corrected chi connectivity index (χ3v) is 3.27. The number of hydrogen-bond donors (Lipinski definition) is 2. The number of thiocarbonyl (C=S) groups is 1. The minimum absolute atomic E-state index is 0.0174. The van der Waals surface area contributed by atoms with Gasteiger partial charge in [-0.15, -0.1) is 0 Å². The Morgan fingerprint density at radius 2 is 1.90 bits per heavy atom. The minimum atomic E-state index is -0.247. The zero-order chi connectivity index (χ0) is 15.2. The van der Waals surface area contributed by atoms with E-state index in [4.69, 9.17) is 17.0 Å². The average Bonchev–Trinajstić information content (AvgIpc) is 2.47. The summed E-state index contributed by atoms with van der Waals surface area (Å²) in [6, 6.07) is 13.8. The first kappa shape index (κ1) is 15.3. The van der Waals surface area contributed by atoms with Crippen LogP contribution in [0.15, 0.2) is 48.5 Å². The smallest absolute Gasteiger partial charge is 0.171 e. The zero-order valence-electron chi connectivity index (χ0n) is 11.9. The minimum Gasteiger partial charge on any atom is -0.497 e. The van der Waals surface area contributed by atoms with Gasteiger partial charge in [0, 0.05) is 11.8 Å². The highest BCUT2D eigenvalue weighted by Crippen LogP contribution is 2.17. The van der Waals surface area contributed by atoms with Crippen molar-refractivity contribution in [3.05, 3.63) is 59.9 Å². The van der Waals surface area contributed by atoms with Crippen LogP contribution in [-0.4, -0.2) is 12.2 Å². The third kappa shape index (κ3) is 4.43. The van der Waals surface area contributed by atoms with Crippen LogP contribution in [0, 0.1) is 5.82 Å². The van der Waals surface area contributed by atoms with Crippen molar-refractivity contribution in [2.75, 3.05) is 12.4 Å². The van der Waals surface area contributed by atoms with E-state index in [2.05, 4.69) is 10.6 Å². The number of ether oxygens (including phenoxy) is 1. The fourth-order valence-electron chi connectivity index (χ4n) is 1.90. The van der Waals surface area contributed by atoms with Crippen LogP contribution in [0.2, 0.25) is 0 Å². The number of benzene rings is 2. The number of methoxy groups -OCH3 is 1. The van der Waals surface area contributed by atoms with Gasteiger partial charge in [-0.1, -0.05) is 18.2 Å². The molecule has 0 unspecified atom stereocenters. The van der Waals surface area contributed by atoms with Gasteiger partial charge in [0.05, 0.1) is 13.2 Å². The number of nitrogens with one attached hydrogen (secondary N) is 2. The normalized spacial score (nSPS) is 11.6. The maximum absolute atomic E-state index is 12.9. The standard InChI is InChI=1S/C16H17FN2OS/c1-11(12-6-8-13(17)9-7-12)18-16(21)19-14-4-3-5-15(10-14)20-2/h3-11H,1-2H3,(H2,18,19,21)/t11-/m0/s1. The highest BCUT2D eigenvalue weighted by atomic mass is 32.1. The third-order valence-electron chi connectivity index (χ3n) is 3.05. The fraction of sp³-hybridized carbons (Fsp3) is 0.188. The lowest BCUT2D eigenvalue weighted by Gasteiger charge is -2.17.